The molecular weight excluding hydrogens is 198 g/mol. The summed E-state index contributed by atoms with van der Waals surface area (Å²) in [5.74, 6) is 0.692. The number of nitrogens with zero attached hydrogens (tertiary/aromatic N) is 1. The number of carbonyl (C=O) groups excluding carboxylic acids is 1. The number of amides is 1. The molecule has 0 spiro atoms. The van der Waals surface area contributed by atoms with Gasteiger partial charge in [0, 0.05) is 18.7 Å². The van der Waals surface area contributed by atoms with E-state index in [-0.39, 0.29) is 5.91 Å². The summed E-state index contributed by atoms with van der Waals surface area (Å²) in [6.45, 7) is 8.08. The molecule has 1 aliphatic heterocycles. The van der Waals surface area contributed by atoms with Crippen LogP contribution >= 0.6 is 0 Å². The first-order chi connectivity index (χ1) is 7.63. The van der Waals surface area contributed by atoms with E-state index in [1.807, 2.05) is 4.90 Å². The Bertz CT molecular complexity index is 409. The third-order valence-electron chi connectivity index (χ3n) is 3.17. The van der Waals surface area contributed by atoms with Crippen molar-refractivity contribution in [1.82, 2.24) is 4.90 Å². The molecule has 86 valence electrons. The lowest BCUT2D eigenvalue weighted by Crippen LogP contribution is -2.24. The minimum atomic E-state index is 0.208. The molecule has 1 aromatic rings. The lowest BCUT2D eigenvalue weighted by atomic mass is 9.98. The third-order valence-corrected chi connectivity index (χ3v) is 3.17. The van der Waals surface area contributed by atoms with Gasteiger partial charge in [-0.05, 0) is 29.5 Å². The molecule has 0 N–H and O–H groups in total. The van der Waals surface area contributed by atoms with E-state index >= 15 is 0 Å². The van der Waals surface area contributed by atoms with Crippen molar-refractivity contribution < 1.29 is 4.79 Å². The number of hydrogen-bond donors (Lipinski definition) is 0. The van der Waals surface area contributed by atoms with Crippen LogP contribution in [0.5, 0.6) is 0 Å². The molecule has 16 heavy (non-hydrogen) atoms. The molecule has 1 heterocycles. The van der Waals surface area contributed by atoms with Crippen molar-refractivity contribution >= 4 is 5.91 Å². The zero-order chi connectivity index (χ0) is 11.7. The molecule has 0 saturated heterocycles. The molecule has 0 saturated carbocycles. The van der Waals surface area contributed by atoms with Gasteiger partial charge < -0.3 is 4.90 Å². The topological polar surface area (TPSA) is 20.3 Å². The van der Waals surface area contributed by atoms with E-state index in [0.29, 0.717) is 5.92 Å². The predicted molar refractivity (Wildman–Crippen MR) is 65.6 cm³/mol. The van der Waals surface area contributed by atoms with Gasteiger partial charge in [0.25, 0.3) is 5.91 Å². The quantitative estimate of drug-likeness (QED) is 0.761. The SMILES string of the molecule is CCCN1Cc2ccc(C(C)C)cc2C1=O. The second-order valence-corrected chi connectivity index (χ2v) is 4.80. The fourth-order valence-corrected chi connectivity index (χ4v) is 2.19. The summed E-state index contributed by atoms with van der Waals surface area (Å²) in [7, 11) is 0. The van der Waals surface area contributed by atoms with Gasteiger partial charge in [0.2, 0.25) is 0 Å². The molecule has 0 atom stereocenters. The van der Waals surface area contributed by atoms with Gasteiger partial charge in [-0.3, -0.25) is 4.79 Å². The van der Waals surface area contributed by atoms with Crippen molar-refractivity contribution in [3.05, 3.63) is 34.9 Å². The summed E-state index contributed by atoms with van der Waals surface area (Å²) in [6.07, 6.45) is 1.02. The standard InChI is InChI=1S/C14H19NO/c1-4-7-15-9-12-6-5-11(10(2)3)8-13(12)14(15)16/h5-6,8,10H,4,7,9H2,1-3H3. The highest BCUT2D eigenvalue weighted by Crippen LogP contribution is 2.26. The van der Waals surface area contributed by atoms with Gasteiger partial charge in [0.15, 0.2) is 0 Å². The smallest absolute Gasteiger partial charge is 0.254 e. The van der Waals surface area contributed by atoms with E-state index in [9.17, 15) is 4.79 Å². The average molecular weight is 217 g/mol. The summed E-state index contributed by atoms with van der Waals surface area (Å²) in [5.41, 5.74) is 3.35. The molecule has 0 radical (unpaired) electrons. The van der Waals surface area contributed by atoms with Gasteiger partial charge >= 0.3 is 0 Å². The van der Waals surface area contributed by atoms with Crippen LogP contribution in [0.2, 0.25) is 0 Å². The summed E-state index contributed by atoms with van der Waals surface area (Å²) in [4.78, 5) is 14.0. The van der Waals surface area contributed by atoms with Gasteiger partial charge in [-0.25, -0.2) is 0 Å². The van der Waals surface area contributed by atoms with Crippen molar-refractivity contribution in [1.29, 1.82) is 0 Å². The van der Waals surface area contributed by atoms with E-state index < -0.39 is 0 Å². The van der Waals surface area contributed by atoms with Crippen LogP contribution < -0.4 is 0 Å². The Morgan fingerprint density at radius 1 is 1.38 bits per heavy atom. The summed E-state index contributed by atoms with van der Waals surface area (Å²) < 4.78 is 0. The Hall–Kier alpha value is -1.31. The van der Waals surface area contributed by atoms with E-state index in [0.717, 1.165) is 25.1 Å². The number of fused-ring (bicyclic) bond motifs is 1. The van der Waals surface area contributed by atoms with Crippen LogP contribution in [0, 0.1) is 0 Å². The highest BCUT2D eigenvalue weighted by atomic mass is 16.2. The third kappa shape index (κ3) is 1.84. The fraction of sp³-hybridized carbons (Fsp3) is 0.500. The maximum atomic E-state index is 12.1. The summed E-state index contributed by atoms with van der Waals surface area (Å²) in [5, 5.41) is 0. The average Bonchev–Trinajstić information content (AvgIpc) is 2.56. The van der Waals surface area contributed by atoms with Crippen molar-refractivity contribution in [2.75, 3.05) is 6.54 Å². The molecule has 1 aliphatic rings. The molecule has 2 rings (SSSR count). The molecule has 0 unspecified atom stereocenters. The van der Waals surface area contributed by atoms with Gasteiger partial charge in [-0.2, -0.15) is 0 Å². The van der Waals surface area contributed by atoms with E-state index in [1.54, 1.807) is 0 Å². The van der Waals surface area contributed by atoms with E-state index in [4.69, 9.17) is 0 Å². The minimum Gasteiger partial charge on any atom is -0.334 e. The molecule has 0 bridgehead atoms. The molecular formula is C14H19NO. The second-order valence-electron chi connectivity index (χ2n) is 4.80. The lowest BCUT2D eigenvalue weighted by molar-refractivity contribution is 0.0778. The molecule has 2 nitrogen and oxygen atoms in total. The van der Waals surface area contributed by atoms with Crippen LogP contribution in [0.4, 0.5) is 0 Å². The van der Waals surface area contributed by atoms with Gasteiger partial charge in [0.05, 0.1) is 0 Å². The van der Waals surface area contributed by atoms with Crippen LogP contribution in [0.1, 0.15) is 54.6 Å². The summed E-state index contributed by atoms with van der Waals surface area (Å²) in [6, 6.07) is 6.32. The Balaban J connectivity index is 2.30. The molecule has 1 aromatic carbocycles. The maximum absolute atomic E-state index is 12.1. The van der Waals surface area contributed by atoms with Crippen molar-refractivity contribution in [2.24, 2.45) is 0 Å². The van der Waals surface area contributed by atoms with Crippen LogP contribution in [0.3, 0.4) is 0 Å². The van der Waals surface area contributed by atoms with E-state index in [1.165, 1.54) is 11.1 Å². The first kappa shape index (κ1) is 11.2. The number of hydrogen-bond acceptors (Lipinski definition) is 1. The van der Waals surface area contributed by atoms with Gasteiger partial charge in [0.1, 0.15) is 0 Å². The lowest BCUT2D eigenvalue weighted by Gasteiger charge is -2.13. The summed E-state index contributed by atoms with van der Waals surface area (Å²) >= 11 is 0. The van der Waals surface area contributed by atoms with Gasteiger partial charge in [-0.1, -0.05) is 32.9 Å². The fourth-order valence-electron chi connectivity index (χ4n) is 2.19. The highest BCUT2D eigenvalue weighted by Gasteiger charge is 2.26. The monoisotopic (exact) mass is 217 g/mol. The molecule has 2 heteroatoms. The van der Waals surface area contributed by atoms with Gasteiger partial charge in [-0.15, -0.1) is 0 Å². The Morgan fingerprint density at radius 2 is 2.12 bits per heavy atom. The van der Waals surface area contributed by atoms with E-state index in [2.05, 4.69) is 39.0 Å². The Morgan fingerprint density at radius 3 is 2.75 bits per heavy atom. The zero-order valence-electron chi connectivity index (χ0n) is 10.3. The normalized spacial score (nSPS) is 14.8. The highest BCUT2D eigenvalue weighted by molar-refractivity contribution is 5.98. The second kappa shape index (κ2) is 4.28. The van der Waals surface area contributed by atoms with Crippen molar-refractivity contribution in [3.63, 3.8) is 0 Å². The number of benzene rings is 1. The first-order valence-corrected chi connectivity index (χ1v) is 6.05. The number of rotatable bonds is 3. The molecule has 0 aliphatic carbocycles. The van der Waals surface area contributed by atoms with Crippen molar-refractivity contribution in [3.8, 4) is 0 Å². The largest absolute Gasteiger partial charge is 0.334 e. The van der Waals surface area contributed by atoms with Crippen LogP contribution in [-0.2, 0) is 6.54 Å². The zero-order valence-corrected chi connectivity index (χ0v) is 10.3. The predicted octanol–water partition coefficient (Wildman–Crippen LogP) is 3.18. The Kier molecular flexibility index (Phi) is 2.99. The minimum absolute atomic E-state index is 0.208. The van der Waals surface area contributed by atoms with Crippen LogP contribution in [-0.4, -0.2) is 17.4 Å². The Labute approximate surface area is 97.3 Å². The number of carbonyl (C=O) groups is 1. The van der Waals surface area contributed by atoms with Crippen molar-refractivity contribution in [2.45, 2.75) is 39.7 Å². The molecule has 1 amide bonds. The molecule has 0 fully saturated rings. The van der Waals surface area contributed by atoms with Crippen LogP contribution in [0.25, 0.3) is 0 Å². The maximum Gasteiger partial charge on any atom is 0.254 e. The first-order valence-electron chi connectivity index (χ1n) is 6.05. The van der Waals surface area contributed by atoms with Crippen LogP contribution in [0.15, 0.2) is 18.2 Å². The molecule has 0 aromatic heterocycles.